The van der Waals surface area contributed by atoms with Crippen LogP contribution >= 0.6 is 0 Å². The highest BCUT2D eigenvalue weighted by Gasteiger charge is 2.27. The predicted octanol–water partition coefficient (Wildman–Crippen LogP) is 1.97. The summed E-state index contributed by atoms with van der Waals surface area (Å²) in [5.74, 6) is 2.03. The fraction of sp³-hybridized carbons (Fsp3) is 0.417. The van der Waals surface area contributed by atoms with Gasteiger partial charge in [-0.15, -0.1) is 6.42 Å². The van der Waals surface area contributed by atoms with Crippen molar-refractivity contribution < 1.29 is 14.3 Å². The Morgan fingerprint density at radius 2 is 2.38 bits per heavy atom. The van der Waals surface area contributed by atoms with Gasteiger partial charge in [0.05, 0.1) is 6.54 Å². The summed E-state index contributed by atoms with van der Waals surface area (Å²) in [5.41, 5.74) is 0. The van der Waals surface area contributed by atoms with Gasteiger partial charge in [0.25, 0.3) is 0 Å². The Hall–Kier alpha value is -1.89. The van der Waals surface area contributed by atoms with Crippen LogP contribution in [0, 0.1) is 12.3 Å². The maximum absolute atomic E-state index is 10.7. The summed E-state index contributed by atoms with van der Waals surface area (Å²) >= 11 is 0. The van der Waals surface area contributed by atoms with Gasteiger partial charge in [0.2, 0.25) is 5.76 Å². The predicted molar refractivity (Wildman–Crippen MR) is 59.5 cm³/mol. The molecule has 1 fully saturated rings. The quantitative estimate of drug-likeness (QED) is 0.786. The first-order valence-electron chi connectivity index (χ1n) is 5.25. The zero-order valence-electron chi connectivity index (χ0n) is 8.85. The van der Waals surface area contributed by atoms with Crippen LogP contribution in [0.1, 0.15) is 29.8 Å². The molecule has 1 heterocycles. The number of hydrogen-bond acceptors (Lipinski definition) is 3. The molecule has 1 aromatic rings. The van der Waals surface area contributed by atoms with Gasteiger partial charge in [-0.3, -0.25) is 0 Å². The number of aromatic carboxylic acids is 1. The molecule has 0 atom stereocenters. The van der Waals surface area contributed by atoms with Crippen molar-refractivity contribution in [1.29, 1.82) is 0 Å². The van der Waals surface area contributed by atoms with Crippen LogP contribution in [0.2, 0.25) is 0 Å². The highest BCUT2D eigenvalue weighted by Crippen LogP contribution is 2.30. The van der Waals surface area contributed by atoms with E-state index in [2.05, 4.69) is 5.92 Å². The molecule has 0 aromatic carbocycles. The molecular formula is C12H13NO3. The number of hydrogen-bond donors (Lipinski definition) is 1. The van der Waals surface area contributed by atoms with Gasteiger partial charge in [-0.1, -0.05) is 5.92 Å². The Balaban J connectivity index is 2.17. The second-order valence-corrected chi connectivity index (χ2v) is 3.86. The first-order chi connectivity index (χ1) is 7.72. The molecular weight excluding hydrogens is 206 g/mol. The number of carboxylic acid groups (broad SMARTS) is 1. The van der Waals surface area contributed by atoms with Gasteiger partial charge in [-0.05, 0) is 25.3 Å². The van der Waals surface area contributed by atoms with Crippen LogP contribution in [0.25, 0.3) is 0 Å². The van der Waals surface area contributed by atoms with Crippen LogP contribution in [-0.2, 0) is 0 Å². The van der Waals surface area contributed by atoms with Crippen LogP contribution in [0.15, 0.2) is 16.5 Å². The summed E-state index contributed by atoms with van der Waals surface area (Å²) in [6.07, 6.45) is 8.67. The molecule has 4 nitrogen and oxygen atoms in total. The summed E-state index contributed by atoms with van der Waals surface area (Å²) in [5, 5.41) is 8.77. The van der Waals surface area contributed by atoms with Crippen molar-refractivity contribution in [2.45, 2.75) is 25.3 Å². The van der Waals surface area contributed by atoms with E-state index in [0.29, 0.717) is 18.5 Å². The number of nitrogens with zero attached hydrogens (tertiary/aromatic N) is 1. The smallest absolute Gasteiger partial charge is 0.371 e. The van der Waals surface area contributed by atoms with Gasteiger partial charge in [0.1, 0.15) is 0 Å². The number of furan rings is 1. The third kappa shape index (κ3) is 1.89. The number of rotatable bonds is 4. The van der Waals surface area contributed by atoms with Crippen LogP contribution < -0.4 is 4.90 Å². The lowest BCUT2D eigenvalue weighted by Crippen LogP contribution is -2.40. The molecule has 0 bridgehead atoms. The molecule has 1 aromatic heterocycles. The van der Waals surface area contributed by atoms with Crippen LogP contribution in [-0.4, -0.2) is 23.7 Å². The average Bonchev–Trinajstić information content (AvgIpc) is 2.62. The van der Waals surface area contributed by atoms with E-state index in [1.165, 1.54) is 12.5 Å². The molecule has 1 saturated carbocycles. The third-order valence-electron chi connectivity index (χ3n) is 2.86. The Morgan fingerprint density at radius 1 is 1.62 bits per heavy atom. The zero-order valence-corrected chi connectivity index (χ0v) is 8.85. The second-order valence-electron chi connectivity index (χ2n) is 3.86. The SMILES string of the molecule is C#CCN(c1ccc(C(=O)O)o1)C1CCC1. The van der Waals surface area contributed by atoms with Gasteiger partial charge >= 0.3 is 5.97 Å². The number of carboxylic acids is 1. The second kappa shape index (κ2) is 4.31. The monoisotopic (exact) mass is 219 g/mol. The Kier molecular flexibility index (Phi) is 2.86. The summed E-state index contributed by atoms with van der Waals surface area (Å²) in [6, 6.07) is 3.52. The molecule has 0 unspecified atom stereocenters. The highest BCUT2D eigenvalue weighted by atomic mass is 16.4. The van der Waals surface area contributed by atoms with E-state index in [0.717, 1.165) is 12.8 Å². The number of anilines is 1. The molecule has 0 amide bonds. The van der Waals surface area contributed by atoms with E-state index in [1.807, 2.05) is 4.90 Å². The van der Waals surface area contributed by atoms with E-state index >= 15 is 0 Å². The maximum Gasteiger partial charge on any atom is 0.371 e. The molecule has 1 aliphatic carbocycles. The molecule has 0 radical (unpaired) electrons. The van der Waals surface area contributed by atoms with Crippen molar-refractivity contribution in [2.75, 3.05) is 11.4 Å². The highest BCUT2D eigenvalue weighted by molar-refractivity contribution is 5.84. The average molecular weight is 219 g/mol. The molecule has 4 heteroatoms. The van der Waals surface area contributed by atoms with Crippen LogP contribution in [0.4, 0.5) is 5.88 Å². The van der Waals surface area contributed by atoms with Crippen LogP contribution in [0.5, 0.6) is 0 Å². The van der Waals surface area contributed by atoms with Crippen molar-refractivity contribution in [2.24, 2.45) is 0 Å². The fourth-order valence-corrected chi connectivity index (χ4v) is 1.78. The van der Waals surface area contributed by atoms with E-state index in [1.54, 1.807) is 6.07 Å². The minimum Gasteiger partial charge on any atom is -0.475 e. The summed E-state index contributed by atoms with van der Waals surface area (Å²) in [4.78, 5) is 12.6. The number of terminal acetylenes is 1. The largest absolute Gasteiger partial charge is 0.475 e. The van der Waals surface area contributed by atoms with Crippen molar-refractivity contribution in [1.82, 2.24) is 0 Å². The molecule has 84 valence electrons. The molecule has 0 saturated heterocycles. The molecule has 1 N–H and O–H groups in total. The van der Waals surface area contributed by atoms with Gasteiger partial charge in [-0.2, -0.15) is 0 Å². The van der Waals surface area contributed by atoms with Gasteiger partial charge in [0, 0.05) is 12.1 Å². The van der Waals surface area contributed by atoms with E-state index in [-0.39, 0.29) is 5.76 Å². The summed E-state index contributed by atoms with van der Waals surface area (Å²) in [6.45, 7) is 0.456. The molecule has 2 rings (SSSR count). The Labute approximate surface area is 93.9 Å². The van der Waals surface area contributed by atoms with Crippen molar-refractivity contribution in [3.63, 3.8) is 0 Å². The normalized spacial score (nSPS) is 15.2. The minimum atomic E-state index is -1.06. The van der Waals surface area contributed by atoms with E-state index in [9.17, 15) is 4.79 Å². The molecule has 1 aliphatic rings. The maximum atomic E-state index is 10.7. The molecule has 16 heavy (non-hydrogen) atoms. The Bertz CT molecular complexity index is 426. The van der Waals surface area contributed by atoms with Crippen molar-refractivity contribution >= 4 is 11.9 Å². The summed E-state index contributed by atoms with van der Waals surface area (Å²) < 4.78 is 5.25. The van der Waals surface area contributed by atoms with Crippen molar-refractivity contribution in [3.05, 3.63) is 17.9 Å². The number of carbonyl (C=O) groups is 1. The zero-order chi connectivity index (χ0) is 11.5. The van der Waals surface area contributed by atoms with Crippen molar-refractivity contribution in [3.8, 4) is 12.3 Å². The minimum absolute atomic E-state index is 0.0451. The molecule has 0 aliphatic heterocycles. The van der Waals surface area contributed by atoms with Crippen LogP contribution in [0.3, 0.4) is 0 Å². The summed E-state index contributed by atoms with van der Waals surface area (Å²) in [7, 11) is 0. The lowest BCUT2D eigenvalue weighted by Gasteiger charge is -2.36. The van der Waals surface area contributed by atoms with Gasteiger partial charge in [-0.25, -0.2) is 4.79 Å². The van der Waals surface area contributed by atoms with E-state index < -0.39 is 5.97 Å². The topological polar surface area (TPSA) is 53.7 Å². The molecule has 0 spiro atoms. The van der Waals surface area contributed by atoms with Gasteiger partial charge in [0.15, 0.2) is 5.88 Å². The standard InChI is InChI=1S/C12H13NO3/c1-2-8-13(9-4-3-5-9)11-7-6-10(16-11)12(14)15/h1,6-7,9H,3-5,8H2,(H,14,15). The lowest BCUT2D eigenvalue weighted by atomic mass is 9.91. The van der Waals surface area contributed by atoms with Gasteiger partial charge < -0.3 is 14.4 Å². The Morgan fingerprint density at radius 3 is 2.81 bits per heavy atom. The first kappa shape index (κ1) is 10.6. The first-order valence-corrected chi connectivity index (χ1v) is 5.25. The third-order valence-corrected chi connectivity index (χ3v) is 2.86. The fourth-order valence-electron chi connectivity index (χ4n) is 1.78. The van der Waals surface area contributed by atoms with E-state index in [4.69, 9.17) is 15.9 Å². The lowest BCUT2D eigenvalue weighted by molar-refractivity contribution is 0.0663.